The summed E-state index contributed by atoms with van der Waals surface area (Å²) in [6.07, 6.45) is 0. The summed E-state index contributed by atoms with van der Waals surface area (Å²) in [5.41, 5.74) is 1.82. The van der Waals surface area contributed by atoms with Gasteiger partial charge in [0.1, 0.15) is 5.75 Å². The fourth-order valence-corrected chi connectivity index (χ4v) is 3.08. The summed E-state index contributed by atoms with van der Waals surface area (Å²) in [5.74, 6) is 0.920. The molecule has 0 unspecified atom stereocenters. The van der Waals surface area contributed by atoms with Crippen molar-refractivity contribution in [1.82, 2.24) is 9.80 Å². The summed E-state index contributed by atoms with van der Waals surface area (Å²) in [5, 5.41) is 2.88. The molecular formula is C23H29N3O3. The van der Waals surface area contributed by atoms with E-state index < -0.39 is 0 Å². The molecule has 0 aromatic heterocycles. The summed E-state index contributed by atoms with van der Waals surface area (Å²) in [6, 6.07) is 14.2. The largest absolute Gasteiger partial charge is 0.493 e. The molecule has 1 N–H and O–H groups in total. The third-order valence-corrected chi connectivity index (χ3v) is 4.86. The minimum atomic E-state index is -0.210. The molecule has 1 aliphatic heterocycles. The van der Waals surface area contributed by atoms with E-state index in [0.29, 0.717) is 35.1 Å². The Hall–Kier alpha value is -2.86. The Labute approximate surface area is 172 Å². The van der Waals surface area contributed by atoms with Crippen LogP contribution in [0, 0.1) is 5.92 Å². The van der Waals surface area contributed by atoms with Crippen molar-refractivity contribution >= 4 is 17.5 Å². The summed E-state index contributed by atoms with van der Waals surface area (Å²) >= 11 is 0. The first-order valence-electron chi connectivity index (χ1n) is 10.0. The topological polar surface area (TPSA) is 61.9 Å². The first kappa shape index (κ1) is 20.9. The highest BCUT2D eigenvalue weighted by atomic mass is 16.5. The third kappa shape index (κ3) is 5.81. The molecule has 0 atom stereocenters. The molecule has 1 heterocycles. The first-order valence-corrected chi connectivity index (χ1v) is 10.0. The molecule has 29 heavy (non-hydrogen) atoms. The van der Waals surface area contributed by atoms with E-state index in [0.717, 1.165) is 26.2 Å². The van der Waals surface area contributed by atoms with Crippen molar-refractivity contribution < 1.29 is 14.3 Å². The van der Waals surface area contributed by atoms with Crippen LogP contribution < -0.4 is 10.1 Å². The standard InChI is InChI=1S/C23H29N3O3/c1-17(2)16-29-21-6-4-5-19(15-21)22(27)24-20-9-7-18(8-10-20)23(28)26-13-11-25(3)12-14-26/h4-10,15,17H,11-14,16H2,1-3H3,(H,24,27). The van der Waals surface area contributed by atoms with E-state index in [1.54, 1.807) is 36.4 Å². The van der Waals surface area contributed by atoms with Gasteiger partial charge in [-0.2, -0.15) is 0 Å². The van der Waals surface area contributed by atoms with E-state index >= 15 is 0 Å². The molecule has 0 bridgehead atoms. The maximum atomic E-state index is 12.6. The number of amides is 2. The van der Waals surface area contributed by atoms with Gasteiger partial charge in [-0.1, -0.05) is 19.9 Å². The van der Waals surface area contributed by atoms with Gasteiger partial charge < -0.3 is 19.9 Å². The molecule has 0 radical (unpaired) electrons. The highest BCUT2D eigenvalue weighted by molar-refractivity contribution is 6.04. The van der Waals surface area contributed by atoms with E-state index in [2.05, 4.69) is 31.1 Å². The molecule has 0 saturated carbocycles. The van der Waals surface area contributed by atoms with E-state index in [1.165, 1.54) is 0 Å². The number of rotatable bonds is 6. The van der Waals surface area contributed by atoms with Gasteiger partial charge in [0, 0.05) is 43.0 Å². The number of ether oxygens (including phenoxy) is 1. The molecule has 0 spiro atoms. The van der Waals surface area contributed by atoms with Crippen molar-refractivity contribution in [3.8, 4) is 5.75 Å². The van der Waals surface area contributed by atoms with Crippen LogP contribution in [0.3, 0.4) is 0 Å². The Balaban J connectivity index is 1.60. The smallest absolute Gasteiger partial charge is 0.255 e. The molecule has 1 aliphatic rings. The van der Waals surface area contributed by atoms with Crippen LogP contribution in [-0.4, -0.2) is 61.4 Å². The number of piperazine rings is 1. The lowest BCUT2D eigenvalue weighted by molar-refractivity contribution is 0.0664. The predicted octanol–water partition coefficient (Wildman–Crippen LogP) is 3.36. The van der Waals surface area contributed by atoms with Crippen LogP contribution in [0.4, 0.5) is 5.69 Å². The number of nitrogens with zero attached hydrogens (tertiary/aromatic N) is 2. The van der Waals surface area contributed by atoms with Crippen LogP contribution in [0.2, 0.25) is 0 Å². The van der Waals surface area contributed by atoms with Crippen LogP contribution in [-0.2, 0) is 0 Å². The fourth-order valence-electron chi connectivity index (χ4n) is 3.08. The van der Waals surface area contributed by atoms with E-state index in [9.17, 15) is 9.59 Å². The van der Waals surface area contributed by atoms with Crippen LogP contribution in [0.5, 0.6) is 5.75 Å². The van der Waals surface area contributed by atoms with E-state index in [-0.39, 0.29) is 11.8 Å². The number of anilines is 1. The molecule has 2 amide bonds. The molecule has 1 fully saturated rings. The number of carbonyl (C=O) groups excluding carboxylic acids is 2. The predicted molar refractivity (Wildman–Crippen MR) is 115 cm³/mol. The number of carbonyl (C=O) groups is 2. The fraction of sp³-hybridized carbons (Fsp3) is 0.391. The monoisotopic (exact) mass is 395 g/mol. The van der Waals surface area contributed by atoms with Crippen LogP contribution >= 0.6 is 0 Å². The van der Waals surface area contributed by atoms with Crippen LogP contribution in [0.1, 0.15) is 34.6 Å². The highest BCUT2D eigenvalue weighted by Gasteiger charge is 2.20. The second-order valence-corrected chi connectivity index (χ2v) is 7.86. The zero-order chi connectivity index (χ0) is 20.8. The van der Waals surface area contributed by atoms with E-state index in [4.69, 9.17) is 4.74 Å². The van der Waals surface area contributed by atoms with Crippen molar-refractivity contribution in [1.29, 1.82) is 0 Å². The number of benzene rings is 2. The SMILES string of the molecule is CC(C)COc1cccc(C(=O)Nc2ccc(C(=O)N3CCN(C)CC3)cc2)c1. The van der Waals surface area contributed by atoms with Crippen molar-refractivity contribution in [2.24, 2.45) is 5.92 Å². The zero-order valence-electron chi connectivity index (χ0n) is 17.4. The Morgan fingerprint density at radius 2 is 1.69 bits per heavy atom. The minimum Gasteiger partial charge on any atom is -0.493 e. The van der Waals surface area contributed by atoms with Gasteiger partial charge in [0.05, 0.1) is 6.61 Å². The lowest BCUT2D eigenvalue weighted by atomic mass is 10.1. The number of likely N-dealkylation sites (N-methyl/N-ethyl adjacent to an activating group) is 1. The van der Waals surface area contributed by atoms with Gasteiger partial charge in [0.2, 0.25) is 0 Å². The summed E-state index contributed by atoms with van der Waals surface area (Å²) < 4.78 is 5.69. The highest BCUT2D eigenvalue weighted by Crippen LogP contribution is 2.17. The second kappa shape index (κ2) is 9.56. The molecule has 6 heteroatoms. The lowest BCUT2D eigenvalue weighted by Gasteiger charge is -2.32. The quantitative estimate of drug-likeness (QED) is 0.815. The molecule has 154 valence electrons. The van der Waals surface area contributed by atoms with E-state index in [1.807, 2.05) is 17.0 Å². The molecule has 3 rings (SSSR count). The van der Waals surface area contributed by atoms with Gasteiger partial charge in [-0.05, 0) is 55.4 Å². The average molecular weight is 396 g/mol. The normalized spacial score (nSPS) is 14.7. The van der Waals surface area contributed by atoms with Crippen molar-refractivity contribution in [3.63, 3.8) is 0 Å². The average Bonchev–Trinajstić information content (AvgIpc) is 2.73. The molecular weight excluding hydrogens is 366 g/mol. The third-order valence-electron chi connectivity index (χ3n) is 4.86. The second-order valence-electron chi connectivity index (χ2n) is 7.86. The van der Waals surface area contributed by atoms with Gasteiger partial charge in [-0.3, -0.25) is 9.59 Å². The molecule has 6 nitrogen and oxygen atoms in total. The molecule has 2 aromatic rings. The van der Waals surface area contributed by atoms with Gasteiger partial charge >= 0.3 is 0 Å². The first-order chi connectivity index (χ1) is 13.9. The van der Waals surface area contributed by atoms with Crippen LogP contribution in [0.25, 0.3) is 0 Å². The van der Waals surface area contributed by atoms with Gasteiger partial charge in [-0.25, -0.2) is 0 Å². The molecule has 2 aromatic carbocycles. The van der Waals surface area contributed by atoms with Gasteiger partial charge in [-0.15, -0.1) is 0 Å². The maximum Gasteiger partial charge on any atom is 0.255 e. The Bertz CT molecular complexity index is 841. The zero-order valence-corrected chi connectivity index (χ0v) is 17.4. The Morgan fingerprint density at radius 1 is 1.00 bits per heavy atom. The summed E-state index contributed by atoms with van der Waals surface area (Å²) in [4.78, 5) is 29.3. The van der Waals surface area contributed by atoms with Crippen molar-refractivity contribution in [2.75, 3.05) is 45.2 Å². The molecule has 1 saturated heterocycles. The van der Waals surface area contributed by atoms with Crippen molar-refractivity contribution in [2.45, 2.75) is 13.8 Å². The summed E-state index contributed by atoms with van der Waals surface area (Å²) in [7, 11) is 2.06. The lowest BCUT2D eigenvalue weighted by Crippen LogP contribution is -2.47. The van der Waals surface area contributed by atoms with Crippen molar-refractivity contribution in [3.05, 3.63) is 59.7 Å². The maximum absolute atomic E-state index is 12.6. The Kier molecular flexibility index (Phi) is 6.88. The number of hydrogen-bond donors (Lipinski definition) is 1. The summed E-state index contributed by atoms with van der Waals surface area (Å²) in [6.45, 7) is 8.02. The van der Waals surface area contributed by atoms with Crippen LogP contribution in [0.15, 0.2) is 48.5 Å². The minimum absolute atomic E-state index is 0.0333. The van der Waals surface area contributed by atoms with Gasteiger partial charge in [0.15, 0.2) is 0 Å². The number of nitrogens with one attached hydrogen (secondary N) is 1. The number of hydrogen-bond acceptors (Lipinski definition) is 4. The molecule has 0 aliphatic carbocycles. The Morgan fingerprint density at radius 3 is 2.34 bits per heavy atom. The van der Waals surface area contributed by atoms with Gasteiger partial charge in [0.25, 0.3) is 11.8 Å².